The van der Waals surface area contributed by atoms with Gasteiger partial charge in [0.25, 0.3) is 0 Å². The first-order valence-electron chi connectivity index (χ1n) is 5.80. The number of rotatable bonds is 2. The number of hydrogen-bond donors (Lipinski definition) is 0. The van der Waals surface area contributed by atoms with Gasteiger partial charge in [-0.25, -0.2) is 9.37 Å². The standard InChI is InChI=1S/C15H8Br2FNS/c16-10-3-1-2-9(6-10)14-8-20-15(19-14)12-5-4-11(18)7-13(12)17/h1-8H. The second-order valence-corrected chi connectivity index (χ2v) is 6.80. The number of aromatic nitrogens is 1. The number of thiazole rings is 1. The Hall–Kier alpha value is -1.04. The molecule has 1 heterocycles. The number of hydrogen-bond acceptors (Lipinski definition) is 2. The molecule has 0 saturated heterocycles. The summed E-state index contributed by atoms with van der Waals surface area (Å²) in [6.07, 6.45) is 0. The van der Waals surface area contributed by atoms with Crippen molar-refractivity contribution in [3.05, 3.63) is 62.6 Å². The fraction of sp³-hybridized carbons (Fsp3) is 0. The van der Waals surface area contributed by atoms with E-state index in [2.05, 4.69) is 36.8 Å². The lowest BCUT2D eigenvalue weighted by Gasteiger charge is -2.00. The lowest BCUT2D eigenvalue weighted by Crippen LogP contribution is -1.82. The normalized spacial score (nSPS) is 10.8. The number of nitrogens with zero attached hydrogens (tertiary/aromatic N) is 1. The molecule has 0 radical (unpaired) electrons. The van der Waals surface area contributed by atoms with Crippen molar-refractivity contribution in [2.24, 2.45) is 0 Å². The fourth-order valence-electron chi connectivity index (χ4n) is 1.84. The molecular weight excluding hydrogens is 405 g/mol. The molecule has 3 rings (SSSR count). The molecule has 0 amide bonds. The third-order valence-electron chi connectivity index (χ3n) is 2.79. The van der Waals surface area contributed by atoms with E-state index in [1.807, 2.05) is 29.6 Å². The molecule has 0 aliphatic heterocycles. The first-order chi connectivity index (χ1) is 9.63. The summed E-state index contributed by atoms with van der Waals surface area (Å²) < 4.78 is 14.9. The summed E-state index contributed by atoms with van der Waals surface area (Å²) in [5.74, 6) is -0.260. The molecule has 0 atom stereocenters. The maximum atomic E-state index is 13.1. The van der Waals surface area contributed by atoms with Crippen molar-refractivity contribution >= 4 is 43.2 Å². The Balaban J connectivity index is 2.02. The van der Waals surface area contributed by atoms with Crippen LogP contribution in [0.3, 0.4) is 0 Å². The van der Waals surface area contributed by atoms with Gasteiger partial charge in [0.15, 0.2) is 0 Å². The second kappa shape index (κ2) is 5.76. The first kappa shape index (κ1) is 13.9. The van der Waals surface area contributed by atoms with Crippen LogP contribution >= 0.6 is 43.2 Å². The van der Waals surface area contributed by atoms with E-state index in [4.69, 9.17) is 0 Å². The molecule has 0 N–H and O–H groups in total. The van der Waals surface area contributed by atoms with Gasteiger partial charge in [-0.05, 0) is 46.3 Å². The van der Waals surface area contributed by atoms with Gasteiger partial charge in [0.05, 0.1) is 5.69 Å². The first-order valence-corrected chi connectivity index (χ1v) is 8.27. The Morgan fingerprint density at radius 2 is 1.90 bits per heavy atom. The van der Waals surface area contributed by atoms with Gasteiger partial charge < -0.3 is 0 Å². The van der Waals surface area contributed by atoms with Crippen LogP contribution < -0.4 is 0 Å². The maximum Gasteiger partial charge on any atom is 0.125 e. The van der Waals surface area contributed by atoms with Crippen LogP contribution in [-0.2, 0) is 0 Å². The molecule has 0 fully saturated rings. The Kier molecular flexibility index (Phi) is 4.01. The average molecular weight is 413 g/mol. The molecule has 0 bridgehead atoms. The molecule has 0 unspecified atom stereocenters. The molecule has 1 nitrogen and oxygen atoms in total. The predicted molar refractivity (Wildman–Crippen MR) is 88.3 cm³/mol. The molecule has 5 heteroatoms. The van der Waals surface area contributed by atoms with Crippen molar-refractivity contribution in [3.63, 3.8) is 0 Å². The molecule has 3 aromatic rings. The van der Waals surface area contributed by atoms with Crippen molar-refractivity contribution in [2.45, 2.75) is 0 Å². The molecule has 0 aliphatic carbocycles. The molecular formula is C15H8Br2FNS. The van der Waals surface area contributed by atoms with E-state index in [1.54, 1.807) is 17.4 Å². The summed E-state index contributed by atoms with van der Waals surface area (Å²) in [5, 5.41) is 2.87. The minimum Gasteiger partial charge on any atom is -0.236 e. The minimum atomic E-state index is -0.260. The van der Waals surface area contributed by atoms with Crippen molar-refractivity contribution in [2.75, 3.05) is 0 Å². The van der Waals surface area contributed by atoms with Gasteiger partial charge in [-0.1, -0.05) is 28.1 Å². The van der Waals surface area contributed by atoms with E-state index < -0.39 is 0 Å². The number of benzene rings is 2. The summed E-state index contributed by atoms with van der Waals surface area (Å²) in [6, 6.07) is 12.6. The molecule has 20 heavy (non-hydrogen) atoms. The van der Waals surface area contributed by atoms with Gasteiger partial charge in [-0.15, -0.1) is 11.3 Å². The monoisotopic (exact) mass is 411 g/mol. The van der Waals surface area contributed by atoms with Gasteiger partial charge in [0, 0.05) is 25.5 Å². The van der Waals surface area contributed by atoms with Crippen LogP contribution in [0, 0.1) is 5.82 Å². The van der Waals surface area contributed by atoms with Crippen LogP contribution in [0.4, 0.5) is 4.39 Å². The predicted octanol–water partition coefficient (Wildman–Crippen LogP) is 6.14. The van der Waals surface area contributed by atoms with Gasteiger partial charge in [0.2, 0.25) is 0 Å². The molecule has 100 valence electrons. The fourth-order valence-corrected chi connectivity index (χ4v) is 3.78. The Morgan fingerprint density at radius 3 is 2.65 bits per heavy atom. The van der Waals surface area contributed by atoms with Crippen molar-refractivity contribution in [1.29, 1.82) is 0 Å². The zero-order valence-corrected chi connectivity index (χ0v) is 14.1. The third-order valence-corrected chi connectivity index (χ3v) is 4.81. The minimum absolute atomic E-state index is 0.260. The van der Waals surface area contributed by atoms with E-state index in [1.165, 1.54) is 12.1 Å². The van der Waals surface area contributed by atoms with E-state index in [0.29, 0.717) is 4.47 Å². The van der Waals surface area contributed by atoms with Crippen molar-refractivity contribution in [3.8, 4) is 21.8 Å². The topological polar surface area (TPSA) is 12.9 Å². The van der Waals surface area contributed by atoms with Crippen LogP contribution in [0.15, 0.2) is 56.8 Å². The summed E-state index contributed by atoms with van der Waals surface area (Å²) in [6.45, 7) is 0. The molecule has 0 aliphatic rings. The van der Waals surface area contributed by atoms with Gasteiger partial charge in [-0.3, -0.25) is 0 Å². The molecule has 0 saturated carbocycles. The van der Waals surface area contributed by atoms with Gasteiger partial charge >= 0.3 is 0 Å². The van der Waals surface area contributed by atoms with E-state index in [0.717, 1.165) is 26.3 Å². The van der Waals surface area contributed by atoms with Crippen molar-refractivity contribution in [1.82, 2.24) is 4.98 Å². The van der Waals surface area contributed by atoms with E-state index in [9.17, 15) is 4.39 Å². The summed E-state index contributed by atoms with van der Waals surface area (Å²) in [5.41, 5.74) is 2.88. The summed E-state index contributed by atoms with van der Waals surface area (Å²) in [7, 11) is 0. The lowest BCUT2D eigenvalue weighted by atomic mass is 10.2. The molecule has 1 aromatic heterocycles. The summed E-state index contributed by atoms with van der Waals surface area (Å²) in [4.78, 5) is 4.63. The number of halogens is 3. The Bertz CT molecular complexity index is 770. The third kappa shape index (κ3) is 2.85. The van der Waals surface area contributed by atoms with Gasteiger partial charge in [-0.2, -0.15) is 0 Å². The zero-order valence-electron chi connectivity index (χ0n) is 10.1. The quantitative estimate of drug-likeness (QED) is 0.492. The smallest absolute Gasteiger partial charge is 0.125 e. The van der Waals surface area contributed by atoms with Crippen LogP contribution in [0.5, 0.6) is 0 Å². The Morgan fingerprint density at radius 1 is 1.05 bits per heavy atom. The highest BCUT2D eigenvalue weighted by Gasteiger charge is 2.10. The highest BCUT2D eigenvalue weighted by molar-refractivity contribution is 9.10. The average Bonchev–Trinajstić information content (AvgIpc) is 2.88. The molecule has 0 spiro atoms. The highest BCUT2D eigenvalue weighted by Crippen LogP contribution is 2.34. The molecule has 2 aromatic carbocycles. The zero-order chi connectivity index (χ0) is 14.1. The lowest BCUT2D eigenvalue weighted by molar-refractivity contribution is 0.627. The van der Waals surface area contributed by atoms with Crippen LogP contribution in [0.25, 0.3) is 21.8 Å². The maximum absolute atomic E-state index is 13.1. The van der Waals surface area contributed by atoms with E-state index in [-0.39, 0.29) is 5.82 Å². The van der Waals surface area contributed by atoms with Crippen LogP contribution in [-0.4, -0.2) is 4.98 Å². The van der Waals surface area contributed by atoms with Gasteiger partial charge in [0.1, 0.15) is 10.8 Å². The second-order valence-electron chi connectivity index (χ2n) is 4.17. The van der Waals surface area contributed by atoms with Crippen LogP contribution in [0.2, 0.25) is 0 Å². The highest BCUT2D eigenvalue weighted by atomic mass is 79.9. The Labute approximate surface area is 136 Å². The van der Waals surface area contributed by atoms with E-state index >= 15 is 0 Å². The largest absolute Gasteiger partial charge is 0.236 e. The SMILES string of the molecule is Fc1ccc(-c2nc(-c3cccc(Br)c3)cs2)c(Br)c1. The van der Waals surface area contributed by atoms with Crippen LogP contribution in [0.1, 0.15) is 0 Å². The van der Waals surface area contributed by atoms with Crippen molar-refractivity contribution < 1.29 is 4.39 Å². The summed E-state index contributed by atoms with van der Waals surface area (Å²) >= 11 is 8.38.